The van der Waals surface area contributed by atoms with E-state index in [9.17, 15) is 8.42 Å². The third-order valence-corrected chi connectivity index (χ3v) is 6.51. The molecule has 5 nitrogen and oxygen atoms in total. The van der Waals surface area contributed by atoms with Crippen molar-refractivity contribution in [2.45, 2.75) is 69.4 Å². The Morgan fingerprint density at radius 3 is 2.26 bits per heavy atom. The second kappa shape index (κ2) is 6.08. The summed E-state index contributed by atoms with van der Waals surface area (Å²) in [6.07, 6.45) is 9.30. The molecule has 0 heterocycles. The third kappa shape index (κ3) is 3.48. The number of nitrogens with two attached hydrogens (primary N) is 1. The molecule has 2 fully saturated rings. The van der Waals surface area contributed by atoms with Crippen molar-refractivity contribution in [2.75, 3.05) is 13.6 Å². The van der Waals surface area contributed by atoms with Crippen LogP contribution in [0.3, 0.4) is 0 Å². The lowest BCUT2D eigenvalue weighted by Gasteiger charge is -2.35. The zero-order valence-corrected chi connectivity index (χ0v) is 12.7. The molecule has 2 saturated carbocycles. The highest BCUT2D eigenvalue weighted by atomic mass is 32.2. The summed E-state index contributed by atoms with van der Waals surface area (Å²) >= 11 is 0. The van der Waals surface area contributed by atoms with Gasteiger partial charge in [-0.2, -0.15) is 17.4 Å². The van der Waals surface area contributed by atoms with Gasteiger partial charge in [0.05, 0.1) is 0 Å². The van der Waals surface area contributed by atoms with Crippen LogP contribution >= 0.6 is 0 Å². The summed E-state index contributed by atoms with van der Waals surface area (Å²) < 4.78 is 29.5. The van der Waals surface area contributed by atoms with Crippen molar-refractivity contribution in [3.05, 3.63) is 0 Å². The summed E-state index contributed by atoms with van der Waals surface area (Å²) in [4.78, 5) is 0. The molecule has 0 radical (unpaired) electrons. The number of hydrogen-bond donors (Lipinski definition) is 2. The second-order valence-electron chi connectivity index (χ2n) is 6.11. The first-order valence-corrected chi connectivity index (χ1v) is 8.90. The molecule has 0 saturated heterocycles. The van der Waals surface area contributed by atoms with Gasteiger partial charge < -0.3 is 5.73 Å². The van der Waals surface area contributed by atoms with Crippen LogP contribution in [0.2, 0.25) is 0 Å². The first-order valence-electron chi connectivity index (χ1n) is 7.46. The highest BCUT2D eigenvalue weighted by molar-refractivity contribution is 7.87. The summed E-state index contributed by atoms with van der Waals surface area (Å²) in [7, 11) is -1.70. The van der Waals surface area contributed by atoms with E-state index < -0.39 is 15.7 Å². The highest BCUT2D eigenvalue weighted by Crippen LogP contribution is 2.30. The smallest absolute Gasteiger partial charge is 0.279 e. The molecule has 19 heavy (non-hydrogen) atoms. The van der Waals surface area contributed by atoms with Crippen molar-refractivity contribution in [3.63, 3.8) is 0 Å². The third-order valence-electron chi connectivity index (χ3n) is 4.76. The monoisotopic (exact) mass is 289 g/mol. The molecule has 0 aliphatic heterocycles. The largest absolute Gasteiger partial charge is 0.329 e. The average Bonchev–Trinajstić information content (AvgIpc) is 2.87. The van der Waals surface area contributed by atoms with Crippen molar-refractivity contribution >= 4 is 10.2 Å². The Labute approximate surface area is 117 Å². The maximum absolute atomic E-state index is 12.5. The molecule has 2 rings (SSSR count). The van der Waals surface area contributed by atoms with Crippen molar-refractivity contribution in [2.24, 2.45) is 5.73 Å². The molecule has 112 valence electrons. The predicted octanol–water partition coefficient (Wildman–Crippen LogP) is 1.36. The Morgan fingerprint density at radius 2 is 1.74 bits per heavy atom. The van der Waals surface area contributed by atoms with Gasteiger partial charge in [-0.15, -0.1) is 0 Å². The SMILES string of the molecule is CN(C1CCCCC1)S(=O)(=O)NC1(CN)CCCC1. The van der Waals surface area contributed by atoms with Crippen LogP contribution in [0, 0.1) is 0 Å². The van der Waals surface area contributed by atoms with Crippen molar-refractivity contribution in [3.8, 4) is 0 Å². The summed E-state index contributed by atoms with van der Waals surface area (Å²) in [6, 6.07) is 0.155. The molecule has 0 aromatic carbocycles. The van der Waals surface area contributed by atoms with Crippen LogP contribution in [0.4, 0.5) is 0 Å². The average molecular weight is 289 g/mol. The van der Waals surface area contributed by atoms with E-state index in [-0.39, 0.29) is 6.04 Å². The van der Waals surface area contributed by atoms with Crippen LogP contribution in [0.5, 0.6) is 0 Å². The molecule has 0 bridgehead atoms. The zero-order valence-electron chi connectivity index (χ0n) is 11.9. The minimum Gasteiger partial charge on any atom is -0.329 e. The van der Waals surface area contributed by atoms with Crippen molar-refractivity contribution in [1.29, 1.82) is 0 Å². The van der Waals surface area contributed by atoms with E-state index in [0.717, 1.165) is 51.4 Å². The normalized spacial score (nSPS) is 25.0. The van der Waals surface area contributed by atoms with Crippen LogP contribution < -0.4 is 10.5 Å². The molecule has 0 unspecified atom stereocenters. The van der Waals surface area contributed by atoms with Gasteiger partial charge in [-0.1, -0.05) is 32.1 Å². The van der Waals surface area contributed by atoms with Crippen LogP contribution in [-0.2, 0) is 10.2 Å². The Hall–Kier alpha value is -0.170. The standard InChI is InChI=1S/C13H27N3O2S/c1-16(12-7-3-2-4-8-12)19(17,18)15-13(11-14)9-5-6-10-13/h12,15H,2-11,14H2,1H3. The molecule has 6 heteroatoms. The van der Waals surface area contributed by atoms with Crippen molar-refractivity contribution < 1.29 is 8.42 Å². The van der Waals surface area contributed by atoms with Gasteiger partial charge in [-0.05, 0) is 25.7 Å². The van der Waals surface area contributed by atoms with E-state index in [0.29, 0.717) is 6.54 Å². The summed E-state index contributed by atoms with van der Waals surface area (Å²) in [6.45, 7) is 0.394. The van der Waals surface area contributed by atoms with E-state index in [1.54, 1.807) is 11.4 Å². The lowest BCUT2D eigenvalue weighted by molar-refractivity contribution is 0.275. The maximum Gasteiger partial charge on any atom is 0.279 e. The molecule has 0 atom stereocenters. The lowest BCUT2D eigenvalue weighted by atomic mass is 9.96. The van der Waals surface area contributed by atoms with Gasteiger partial charge in [-0.3, -0.25) is 0 Å². The van der Waals surface area contributed by atoms with E-state index in [1.165, 1.54) is 6.42 Å². The molecule has 3 N–H and O–H groups in total. The number of rotatable bonds is 5. The molecule has 2 aliphatic rings. The minimum atomic E-state index is -3.41. The van der Waals surface area contributed by atoms with Gasteiger partial charge in [0.25, 0.3) is 10.2 Å². The van der Waals surface area contributed by atoms with Gasteiger partial charge >= 0.3 is 0 Å². The first kappa shape index (κ1) is 15.2. The van der Waals surface area contributed by atoms with E-state index >= 15 is 0 Å². The summed E-state index contributed by atoms with van der Waals surface area (Å²) in [5, 5.41) is 0. The summed E-state index contributed by atoms with van der Waals surface area (Å²) in [5.41, 5.74) is 5.41. The minimum absolute atomic E-state index is 0.155. The van der Waals surface area contributed by atoms with Gasteiger partial charge in [0.15, 0.2) is 0 Å². The molecular weight excluding hydrogens is 262 g/mol. The van der Waals surface area contributed by atoms with Crippen molar-refractivity contribution in [1.82, 2.24) is 9.03 Å². The van der Waals surface area contributed by atoms with Gasteiger partial charge in [0, 0.05) is 25.2 Å². The van der Waals surface area contributed by atoms with Crippen LogP contribution in [-0.4, -0.2) is 37.9 Å². The number of nitrogens with zero attached hydrogens (tertiary/aromatic N) is 1. The Morgan fingerprint density at radius 1 is 1.16 bits per heavy atom. The fraction of sp³-hybridized carbons (Fsp3) is 1.00. The maximum atomic E-state index is 12.5. The number of hydrogen-bond acceptors (Lipinski definition) is 3. The number of nitrogens with one attached hydrogen (secondary N) is 1. The molecule has 0 aromatic rings. The van der Waals surface area contributed by atoms with Crippen LogP contribution in [0.25, 0.3) is 0 Å². The second-order valence-corrected chi connectivity index (χ2v) is 7.84. The van der Waals surface area contributed by atoms with E-state index in [4.69, 9.17) is 5.73 Å². The van der Waals surface area contributed by atoms with Crippen LogP contribution in [0.1, 0.15) is 57.8 Å². The Bertz CT molecular complexity index is 385. The van der Waals surface area contributed by atoms with Gasteiger partial charge in [0.2, 0.25) is 0 Å². The Kier molecular flexibility index (Phi) is 4.87. The van der Waals surface area contributed by atoms with E-state index in [1.807, 2.05) is 0 Å². The molecule has 0 aromatic heterocycles. The lowest BCUT2D eigenvalue weighted by Crippen LogP contribution is -2.56. The molecular formula is C13H27N3O2S. The predicted molar refractivity (Wildman–Crippen MR) is 76.9 cm³/mol. The van der Waals surface area contributed by atoms with Gasteiger partial charge in [0.1, 0.15) is 0 Å². The Balaban J connectivity index is 2.04. The fourth-order valence-corrected chi connectivity index (χ4v) is 4.97. The molecule has 0 amide bonds. The quantitative estimate of drug-likeness (QED) is 0.802. The zero-order chi connectivity index (χ0) is 13.9. The molecule has 2 aliphatic carbocycles. The first-order chi connectivity index (χ1) is 8.99. The highest BCUT2D eigenvalue weighted by Gasteiger charge is 2.39. The topological polar surface area (TPSA) is 75.4 Å². The van der Waals surface area contributed by atoms with Gasteiger partial charge in [-0.25, -0.2) is 0 Å². The van der Waals surface area contributed by atoms with Crippen LogP contribution in [0.15, 0.2) is 0 Å². The van der Waals surface area contributed by atoms with E-state index in [2.05, 4.69) is 4.72 Å². The summed E-state index contributed by atoms with van der Waals surface area (Å²) in [5.74, 6) is 0. The molecule has 0 spiro atoms. The fourth-order valence-electron chi connectivity index (χ4n) is 3.39.